The van der Waals surface area contributed by atoms with E-state index in [1.54, 1.807) is 0 Å². The van der Waals surface area contributed by atoms with E-state index in [1.807, 2.05) is 30.3 Å². The molecule has 0 aromatic heterocycles. The van der Waals surface area contributed by atoms with Crippen LogP contribution in [0.4, 0.5) is 8.78 Å². The van der Waals surface area contributed by atoms with Crippen LogP contribution < -0.4 is 11.1 Å². The highest BCUT2D eigenvalue weighted by Gasteiger charge is 2.29. The zero-order valence-electron chi connectivity index (χ0n) is 15.4. The Morgan fingerprint density at radius 3 is 2.43 bits per heavy atom. The van der Waals surface area contributed by atoms with Gasteiger partial charge >= 0.3 is 0 Å². The minimum absolute atomic E-state index is 0.0913. The van der Waals surface area contributed by atoms with Crippen molar-refractivity contribution in [1.29, 1.82) is 0 Å². The molecule has 2 aromatic carbocycles. The zero-order valence-corrected chi connectivity index (χ0v) is 15.4. The first-order chi connectivity index (χ1) is 13.5. The van der Waals surface area contributed by atoms with Gasteiger partial charge in [0.2, 0.25) is 5.91 Å². The van der Waals surface area contributed by atoms with E-state index in [0.29, 0.717) is 38.5 Å². The fourth-order valence-electron chi connectivity index (χ4n) is 3.35. The van der Waals surface area contributed by atoms with Gasteiger partial charge in [0.05, 0.1) is 5.56 Å². The number of carbonyl (C=O) groups excluding carboxylic acids is 2. The van der Waals surface area contributed by atoms with E-state index in [1.165, 1.54) is 4.90 Å². The van der Waals surface area contributed by atoms with Gasteiger partial charge in [-0.2, -0.15) is 0 Å². The smallest absolute Gasteiger partial charge is 0.256 e. The minimum Gasteiger partial charge on any atom is -0.354 e. The topological polar surface area (TPSA) is 75.4 Å². The second kappa shape index (κ2) is 8.93. The lowest BCUT2D eigenvalue weighted by atomic mass is 9.95. The number of benzene rings is 2. The third kappa shape index (κ3) is 4.72. The standard InChI is InChI=1S/C21H23F2N3O2/c22-16-6-7-17(18(23)12-16)21(28)26-10-8-15(9-11-26)20(27)25-13-19(24)14-4-2-1-3-5-14/h1-7,12,15,19H,8-11,13,24H2,(H,25,27). The van der Waals surface area contributed by atoms with Crippen molar-refractivity contribution in [3.05, 3.63) is 71.3 Å². The quantitative estimate of drug-likeness (QED) is 0.828. The van der Waals surface area contributed by atoms with Crippen molar-refractivity contribution < 1.29 is 18.4 Å². The number of carbonyl (C=O) groups is 2. The maximum atomic E-state index is 13.8. The number of hydrogen-bond donors (Lipinski definition) is 2. The highest BCUT2D eigenvalue weighted by Crippen LogP contribution is 2.21. The second-order valence-corrected chi connectivity index (χ2v) is 6.95. The summed E-state index contributed by atoms with van der Waals surface area (Å²) >= 11 is 0. The number of halogens is 2. The first-order valence-corrected chi connectivity index (χ1v) is 9.28. The van der Waals surface area contributed by atoms with Gasteiger partial charge in [0.25, 0.3) is 5.91 Å². The number of piperidine rings is 1. The molecule has 3 rings (SSSR count). The fourth-order valence-corrected chi connectivity index (χ4v) is 3.35. The molecule has 1 saturated heterocycles. The van der Waals surface area contributed by atoms with Crippen molar-refractivity contribution in [3.8, 4) is 0 Å². The van der Waals surface area contributed by atoms with E-state index < -0.39 is 17.5 Å². The summed E-state index contributed by atoms with van der Waals surface area (Å²) in [5.74, 6) is -2.39. The number of rotatable bonds is 5. The molecule has 0 spiro atoms. The summed E-state index contributed by atoms with van der Waals surface area (Å²) in [7, 11) is 0. The molecule has 1 heterocycles. The summed E-state index contributed by atoms with van der Waals surface area (Å²) in [6.45, 7) is 1.03. The van der Waals surface area contributed by atoms with Crippen molar-refractivity contribution in [1.82, 2.24) is 10.2 Å². The Kier molecular flexibility index (Phi) is 6.36. The number of nitrogens with two attached hydrogens (primary N) is 1. The monoisotopic (exact) mass is 387 g/mol. The van der Waals surface area contributed by atoms with Crippen LogP contribution in [0, 0.1) is 17.6 Å². The van der Waals surface area contributed by atoms with Gasteiger partial charge in [-0.05, 0) is 30.5 Å². The fraction of sp³-hybridized carbons (Fsp3) is 0.333. The van der Waals surface area contributed by atoms with Gasteiger partial charge in [0.1, 0.15) is 11.6 Å². The number of amides is 2. The Labute approximate surface area is 162 Å². The maximum absolute atomic E-state index is 13.8. The van der Waals surface area contributed by atoms with Gasteiger partial charge in [-0.3, -0.25) is 9.59 Å². The zero-order chi connectivity index (χ0) is 20.1. The predicted molar refractivity (Wildman–Crippen MR) is 101 cm³/mol. The Bertz CT molecular complexity index is 837. The third-order valence-corrected chi connectivity index (χ3v) is 5.04. The van der Waals surface area contributed by atoms with Crippen LogP contribution >= 0.6 is 0 Å². The molecule has 7 heteroatoms. The molecule has 2 aromatic rings. The van der Waals surface area contributed by atoms with Crippen LogP contribution in [0.2, 0.25) is 0 Å². The summed E-state index contributed by atoms with van der Waals surface area (Å²) in [5.41, 5.74) is 6.89. The molecule has 148 valence electrons. The molecule has 0 saturated carbocycles. The Morgan fingerprint density at radius 1 is 1.11 bits per heavy atom. The van der Waals surface area contributed by atoms with Crippen molar-refractivity contribution >= 4 is 11.8 Å². The lowest BCUT2D eigenvalue weighted by molar-refractivity contribution is -0.126. The Hall–Kier alpha value is -2.80. The minimum atomic E-state index is -0.875. The van der Waals surface area contributed by atoms with Crippen LogP contribution in [0.15, 0.2) is 48.5 Å². The van der Waals surface area contributed by atoms with E-state index in [-0.39, 0.29) is 23.4 Å². The Balaban J connectivity index is 1.49. The normalized spacial score (nSPS) is 15.9. The molecule has 1 aliphatic heterocycles. The van der Waals surface area contributed by atoms with Crippen LogP contribution in [0.5, 0.6) is 0 Å². The summed E-state index contributed by atoms with van der Waals surface area (Å²) in [5, 5.41) is 2.87. The second-order valence-electron chi connectivity index (χ2n) is 6.95. The molecule has 1 aliphatic rings. The van der Waals surface area contributed by atoms with E-state index in [2.05, 4.69) is 5.32 Å². The molecular weight excluding hydrogens is 364 g/mol. The van der Waals surface area contributed by atoms with Crippen molar-refractivity contribution in [2.45, 2.75) is 18.9 Å². The summed E-state index contributed by atoms with van der Waals surface area (Å²) in [6, 6.07) is 12.1. The molecule has 1 fully saturated rings. The molecule has 28 heavy (non-hydrogen) atoms. The van der Waals surface area contributed by atoms with Gasteiger partial charge in [0, 0.05) is 37.7 Å². The van der Waals surface area contributed by atoms with Crippen LogP contribution in [-0.2, 0) is 4.79 Å². The molecule has 2 amide bonds. The van der Waals surface area contributed by atoms with Crippen LogP contribution in [-0.4, -0.2) is 36.3 Å². The lowest BCUT2D eigenvalue weighted by Crippen LogP contribution is -2.44. The number of likely N-dealkylation sites (tertiary alicyclic amines) is 1. The van der Waals surface area contributed by atoms with Gasteiger partial charge < -0.3 is 16.0 Å². The number of nitrogens with one attached hydrogen (secondary N) is 1. The Morgan fingerprint density at radius 2 is 1.79 bits per heavy atom. The van der Waals surface area contributed by atoms with Crippen LogP contribution in [0.25, 0.3) is 0 Å². The largest absolute Gasteiger partial charge is 0.354 e. The van der Waals surface area contributed by atoms with Crippen molar-refractivity contribution in [2.75, 3.05) is 19.6 Å². The molecular formula is C21H23F2N3O2. The summed E-state index contributed by atoms with van der Waals surface area (Å²) in [4.78, 5) is 26.3. The SMILES string of the molecule is NC(CNC(=O)C1CCN(C(=O)c2ccc(F)cc2F)CC1)c1ccccc1. The molecule has 0 bridgehead atoms. The first kappa shape index (κ1) is 19.9. The van der Waals surface area contributed by atoms with Gasteiger partial charge in [-0.25, -0.2) is 8.78 Å². The summed E-state index contributed by atoms with van der Waals surface area (Å²) < 4.78 is 26.8. The molecule has 1 unspecified atom stereocenters. The van der Waals surface area contributed by atoms with Gasteiger partial charge in [-0.1, -0.05) is 30.3 Å². The highest BCUT2D eigenvalue weighted by atomic mass is 19.1. The van der Waals surface area contributed by atoms with E-state index in [0.717, 1.165) is 17.7 Å². The lowest BCUT2D eigenvalue weighted by Gasteiger charge is -2.31. The first-order valence-electron chi connectivity index (χ1n) is 9.28. The number of nitrogens with zero attached hydrogens (tertiary/aromatic N) is 1. The third-order valence-electron chi connectivity index (χ3n) is 5.04. The van der Waals surface area contributed by atoms with E-state index >= 15 is 0 Å². The molecule has 1 atom stereocenters. The highest BCUT2D eigenvalue weighted by molar-refractivity contribution is 5.94. The summed E-state index contributed by atoms with van der Waals surface area (Å²) in [6.07, 6.45) is 0.974. The average molecular weight is 387 g/mol. The molecule has 0 radical (unpaired) electrons. The van der Waals surface area contributed by atoms with Crippen molar-refractivity contribution in [2.24, 2.45) is 11.7 Å². The van der Waals surface area contributed by atoms with E-state index in [4.69, 9.17) is 5.73 Å². The predicted octanol–water partition coefficient (Wildman–Crippen LogP) is 2.63. The molecule has 3 N–H and O–H groups in total. The van der Waals surface area contributed by atoms with Gasteiger partial charge in [0.15, 0.2) is 0 Å². The molecule has 5 nitrogen and oxygen atoms in total. The van der Waals surface area contributed by atoms with Crippen LogP contribution in [0.1, 0.15) is 34.8 Å². The van der Waals surface area contributed by atoms with Gasteiger partial charge in [-0.15, -0.1) is 0 Å². The number of hydrogen-bond acceptors (Lipinski definition) is 3. The van der Waals surface area contributed by atoms with Crippen LogP contribution in [0.3, 0.4) is 0 Å². The molecule has 0 aliphatic carbocycles. The van der Waals surface area contributed by atoms with E-state index in [9.17, 15) is 18.4 Å². The average Bonchev–Trinajstić information content (AvgIpc) is 2.72. The van der Waals surface area contributed by atoms with Crippen molar-refractivity contribution in [3.63, 3.8) is 0 Å². The maximum Gasteiger partial charge on any atom is 0.256 e.